The van der Waals surface area contributed by atoms with E-state index in [4.69, 9.17) is 6.42 Å². The van der Waals surface area contributed by atoms with Crippen molar-refractivity contribution < 1.29 is 14.4 Å². The highest BCUT2D eigenvalue weighted by molar-refractivity contribution is 5.91. The van der Waals surface area contributed by atoms with Crippen LogP contribution in [0, 0.1) is 18.3 Å². The van der Waals surface area contributed by atoms with E-state index in [2.05, 4.69) is 25.1 Å². The topological polar surface area (TPSA) is 76.2 Å². The molecule has 4 rings (SSSR count). The van der Waals surface area contributed by atoms with E-state index < -0.39 is 12.2 Å². The summed E-state index contributed by atoms with van der Waals surface area (Å²) >= 11 is 0. The molecule has 3 fully saturated rings. The van der Waals surface area contributed by atoms with Crippen LogP contribution in [0.3, 0.4) is 0 Å². The number of urea groups is 1. The first-order chi connectivity index (χ1) is 16.9. The van der Waals surface area contributed by atoms with Crippen LogP contribution in [0.5, 0.6) is 0 Å². The maximum Gasteiger partial charge on any atom is 0.334 e. The van der Waals surface area contributed by atoms with Crippen LogP contribution in [0.2, 0.25) is 0 Å². The molecule has 35 heavy (non-hydrogen) atoms. The van der Waals surface area contributed by atoms with Gasteiger partial charge in [-0.1, -0.05) is 69.4 Å². The van der Waals surface area contributed by atoms with Crippen LogP contribution in [0.4, 0.5) is 4.79 Å². The van der Waals surface area contributed by atoms with Crippen molar-refractivity contribution in [1.29, 1.82) is 0 Å². The highest BCUT2D eigenvalue weighted by Gasteiger charge is 2.52. The van der Waals surface area contributed by atoms with E-state index in [0.29, 0.717) is 19.5 Å². The summed E-state index contributed by atoms with van der Waals surface area (Å²) < 4.78 is 0. The minimum absolute atomic E-state index is 0.0187. The largest absolute Gasteiger partial charge is 0.334 e. The first kappa shape index (κ1) is 25.1. The summed E-state index contributed by atoms with van der Waals surface area (Å²) in [7, 11) is 0. The Morgan fingerprint density at radius 1 is 1.14 bits per heavy atom. The molecule has 2 atom stereocenters. The normalized spacial score (nSPS) is 23.9. The van der Waals surface area contributed by atoms with Crippen molar-refractivity contribution in [1.82, 2.24) is 25.1 Å². The molecule has 4 amide bonds. The third kappa shape index (κ3) is 5.46. The molecule has 2 saturated heterocycles. The number of nitrogens with zero attached hydrogens (tertiary/aromatic N) is 4. The summed E-state index contributed by atoms with van der Waals surface area (Å²) in [5.74, 6) is 2.69. The van der Waals surface area contributed by atoms with Gasteiger partial charge in [-0.05, 0) is 30.7 Å². The molecule has 1 aliphatic carbocycles. The smallest absolute Gasteiger partial charge is 0.334 e. The van der Waals surface area contributed by atoms with Crippen molar-refractivity contribution in [3.63, 3.8) is 0 Å². The number of piperazine rings is 1. The highest BCUT2D eigenvalue weighted by atomic mass is 16.2. The lowest BCUT2D eigenvalue weighted by molar-refractivity contribution is -0.192. The molecule has 0 radical (unpaired) electrons. The Labute approximate surface area is 208 Å². The fourth-order valence-electron chi connectivity index (χ4n) is 5.65. The van der Waals surface area contributed by atoms with Gasteiger partial charge in [0.15, 0.2) is 0 Å². The summed E-state index contributed by atoms with van der Waals surface area (Å²) in [4.78, 5) is 44.3. The van der Waals surface area contributed by atoms with Crippen molar-refractivity contribution in [2.24, 2.45) is 5.92 Å². The average Bonchev–Trinajstić information content (AvgIpc) is 2.85. The molecule has 2 heterocycles. The van der Waals surface area contributed by atoms with Gasteiger partial charge in [0.1, 0.15) is 12.2 Å². The summed E-state index contributed by atoms with van der Waals surface area (Å²) in [5, 5.41) is 6.24. The van der Waals surface area contributed by atoms with E-state index in [0.717, 1.165) is 31.2 Å². The molecule has 8 heteroatoms. The van der Waals surface area contributed by atoms with Crippen LogP contribution in [0.15, 0.2) is 30.3 Å². The van der Waals surface area contributed by atoms with E-state index >= 15 is 0 Å². The van der Waals surface area contributed by atoms with Gasteiger partial charge >= 0.3 is 6.03 Å². The molecule has 1 N–H and O–H groups in total. The van der Waals surface area contributed by atoms with Crippen LogP contribution in [-0.2, 0) is 16.1 Å². The van der Waals surface area contributed by atoms with Gasteiger partial charge in [-0.25, -0.2) is 9.80 Å². The monoisotopic (exact) mass is 479 g/mol. The number of fused-ring (bicyclic) bond motifs is 1. The number of hydrogen-bond donors (Lipinski definition) is 1. The molecular formula is C27H37N5O3. The van der Waals surface area contributed by atoms with E-state index in [1.54, 1.807) is 14.9 Å². The van der Waals surface area contributed by atoms with Gasteiger partial charge in [0.05, 0.1) is 19.6 Å². The Kier molecular flexibility index (Phi) is 7.97. The van der Waals surface area contributed by atoms with Gasteiger partial charge in [-0.15, -0.1) is 6.42 Å². The highest BCUT2D eigenvalue weighted by Crippen LogP contribution is 2.33. The lowest BCUT2D eigenvalue weighted by atomic mass is 9.90. The number of carbonyl (C=O) groups is 3. The van der Waals surface area contributed by atoms with Gasteiger partial charge in [0, 0.05) is 12.6 Å². The number of carbonyl (C=O) groups excluding carboxylic acids is 3. The minimum Gasteiger partial charge on any atom is -0.334 e. The molecule has 8 nitrogen and oxygen atoms in total. The Morgan fingerprint density at radius 3 is 2.51 bits per heavy atom. The molecule has 2 aliphatic heterocycles. The number of terminal acetylenes is 1. The second-order valence-electron chi connectivity index (χ2n) is 10.2. The average molecular weight is 480 g/mol. The van der Waals surface area contributed by atoms with E-state index in [-0.39, 0.29) is 42.9 Å². The molecular weight excluding hydrogens is 442 g/mol. The number of rotatable bonds is 6. The molecule has 0 bridgehead atoms. The minimum atomic E-state index is -0.580. The molecule has 1 aromatic rings. The molecule has 188 valence electrons. The third-order valence-corrected chi connectivity index (χ3v) is 7.26. The van der Waals surface area contributed by atoms with Crippen molar-refractivity contribution >= 4 is 17.8 Å². The predicted molar refractivity (Wildman–Crippen MR) is 133 cm³/mol. The van der Waals surface area contributed by atoms with Gasteiger partial charge in [0.25, 0.3) is 0 Å². The SMILES string of the molecule is C#CCN1CC(=O)N2[C@@H](CC(C)C)C(=O)N(C3CCCCC3)C[C@@H]2N1C(=O)NCc1ccccc1. The second kappa shape index (κ2) is 11.1. The summed E-state index contributed by atoms with van der Waals surface area (Å²) in [6, 6.07) is 8.97. The van der Waals surface area contributed by atoms with E-state index in [1.165, 1.54) is 6.42 Å². The molecule has 1 aromatic carbocycles. The van der Waals surface area contributed by atoms with Gasteiger partial charge in [-0.3, -0.25) is 9.59 Å². The first-order valence-electron chi connectivity index (χ1n) is 12.8. The van der Waals surface area contributed by atoms with E-state index in [1.807, 2.05) is 35.2 Å². The van der Waals surface area contributed by atoms with Crippen LogP contribution < -0.4 is 5.32 Å². The van der Waals surface area contributed by atoms with Crippen molar-refractivity contribution in [3.05, 3.63) is 35.9 Å². The summed E-state index contributed by atoms with van der Waals surface area (Å²) in [6.07, 6.45) is 10.9. The van der Waals surface area contributed by atoms with Gasteiger partial charge in [-0.2, -0.15) is 5.01 Å². The molecule has 0 spiro atoms. The maximum atomic E-state index is 13.7. The number of benzene rings is 1. The number of hydrazine groups is 1. The van der Waals surface area contributed by atoms with Crippen molar-refractivity contribution in [3.8, 4) is 12.3 Å². The Hall–Kier alpha value is -3.05. The molecule has 0 aromatic heterocycles. The number of amides is 4. The number of nitrogens with one attached hydrogen (secondary N) is 1. The third-order valence-electron chi connectivity index (χ3n) is 7.26. The van der Waals surface area contributed by atoms with Crippen LogP contribution >= 0.6 is 0 Å². The molecule has 0 unspecified atom stereocenters. The van der Waals surface area contributed by atoms with Crippen molar-refractivity contribution in [2.45, 2.75) is 77.2 Å². The van der Waals surface area contributed by atoms with Gasteiger partial charge < -0.3 is 15.1 Å². The zero-order valence-corrected chi connectivity index (χ0v) is 20.9. The Bertz CT molecular complexity index is 953. The summed E-state index contributed by atoms with van der Waals surface area (Å²) in [5.41, 5.74) is 0.981. The zero-order chi connectivity index (χ0) is 24.9. The maximum absolute atomic E-state index is 13.7. The van der Waals surface area contributed by atoms with E-state index in [9.17, 15) is 14.4 Å². The fraction of sp³-hybridized carbons (Fsp3) is 0.593. The predicted octanol–water partition coefficient (Wildman–Crippen LogP) is 2.81. The molecule has 1 saturated carbocycles. The first-order valence-corrected chi connectivity index (χ1v) is 12.8. The summed E-state index contributed by atoms with van der Waals surface area (Å²) in [6.45, 7) is 4.91. The standard InChI is InChI=1S/C27H37N5O3/c1-4-15-29-19-25(33)31-23(16-20(2)3)26(34)30(22-13-9-6-10-14-22)18-24(31)32(29)27(35)28-17-21-11-7-5-8-12-21/h1,5,7-8,11-12,20,22-24H,6,9-10,13-19H2,2-3H3,(H,28,35)/t23-,24-/m0/s1. The lowest BCUT2D eigenvalue weighted by Crippen LogP contribution is -2.77. The van der Waals surface area contributed by atoms with Crippen LogP contribution in [0.25, 0.3) is 0 Å². The van der Waals surface area contributed by atoms with Gasteiger partial charge in [0.2, 0.25) is 11.8 Å². The fourth-order valence-corrected chi connectivity index (χ4v) is 5.65. The Morgan fingerprint density at radius 2 is 1.86 bits per heavy atom. The lowest BCUT2D eigenvalue weighted by Gasteiger charge is -2.56. The second-order valence-corrected chi connectivity index (χ2v) is 10.2. The quantitative estimate of drug-likeness (QED) is 0.637. The Balaban J connectivity index is 1.65. The zero-order valence-electron chi connectivity index (χ0n) is 20.9. The van der Waals surface area contributed by atoms with Crippen molar-refractivity contribution in [2.75, 3.05) is 19.6 Å². The van der Waals surface area contributed by atoms with Crippen LogP contribution in [-0.4, -0.2) is 75.5 Å². The molecule has 3 aliphatic rings. The number of hydrogen-bond acceptors (Lipinski definition) is 4. The van der Waals surface area contributed by atoms with Crippen LogP contribution in [0.1, 0.15) is 57.9 Å².